The summed E-state index contributed by atoms with van der Waals surface area (Å²) >= 11 is 0. The molecule has 1 rings (SSSR count). The van der Waals surface area contributed by atoms with Crippen molar-refractivity contribution < 1.29 is 14.6 Å². The van der Waals surface area contributed by atoms with E-state index in [1.54, 1.807) is 0 Å². The minimum Gasteiger partial charge on any atom is -0.330 e. The summed E-state index contributed by atoms with van der Waals surface area (Å²) in [6.45, 7) is 0.0903. The third kappa shape index (κ3) is 0.504. The lowest BCUT2D eigenvalue weighted by Gasteiger charge is -2.30. The first-order chi connectivity index (χ1) is 2.71. The lowest BCUT2D eigenvalue weighted by molar-refractivity contribution is -0.486. The maximum atomic E-state index is 8.25. The fourth-order valence-electron chi connectivity index (χ4n) is 0.180. The van der Waals surface area contributed by atoms with Gasteiger partial charge in [0.2, 0.25) is 0 Å². The first kappa shape index (κ1) is 4.01. The molecule has 0 aromatic carbocycles. The van der Waals surface area contributed by atoms with E-state index in [1.807, 2.05) is 0 Å². The van der Waals surface area contributed by atoms with Crippen LogP contribution in [0.5, 0.6) is 0 Å². The van der Waals surface area contributed by atoms with Crippen LogP contribution in [-0.2, 0) is 9.47 Å². The first-order valence-electron chi connectivity index (χ1n) is 1.50. The van der Waals surface area contributed by atoms with Gasteiger partial charge in [-0.1, -0.05) is 0 Å². The van der Waals surface area contributed by atoms with Crippen molar-refractivity contribution in [3.05, 3.63) is 0 Å². The van der Waals surface area contributed by atoms with Gasteiger partial charge in [0.1, 0.15) is 0 Å². The van der Waals surface area contributed by atoms with Crippen molar-refractivity contribution in [3.63, 3.8) is 0 Å². The Kier molecular flexibility index (Phi) is 0.611. The summed E-state index contributed by atoms with van der Waals surface area (Å²) in [6, 6.07) is 0. The Hall–Kier alpha value is -0.160. The Labute approximate surface area is 34.5 Å². The molecule has 0 amide bonds. The molecular weight excluding hydrogens is 86.0 g/mol. The van der Waals surface area contributed by atoms with Crippen molar-refractivity contribution in [1.82, 2.24) is 0 Å². The summed E-state index contributed by atoms with van der Waals surface area (Å²) in [5.74, 6) is 0. The van der Waals surface area contributed by atoms with Gasteiger partial charge in [-0.15, -0.1) is 0 Å². The molecule has 0 saturated carbocycles. The summed E-state index contributed by atoms with van der Waals surface area (Å²) in [7, 11) is 0. The van der Waals surface area contributed by atoms with Crippen molar-refractivity contribution in [2.24, 2.45) is 5.73 Å². The Morgan fingerprint density at radius 1 is 1.67 bits per heavy atom. The van der Waals surface area contributed by atoms with Crippen LogP contribution < -0.4 is 5.73 Å². The third-order valence-corrected chi connectivity index (χ3v) is 0.531. The number of rotatable bonds is 0. The molecule has 4 nitrogen and oxygen atoms in total. The predicted octanol–water partition coefficient (Wildman–Crippen LogP) is -1.45. The second kappa shape index (κ2) is 0.913. The standard InChI is InChI=1S/C2H5NO3/c3-2(4)5-1-6-2/h4H,1,3H2. The van der Waals surface area contributed by atoms with E-state index in [1.165, 1.54) is 0 Å². The molecular formula is C2H5NO3. The lowest BCUT2D eigenvalue weighted by atomic mass is 10.9. The number of hydrogen-bond donors (Lipinski definition) is 2. The summed E-state index contributed by atoms with van der Waals surface area (Å²) in [5.41, 5.74) is 4.73. The maximum Gasteiger partial charge on any atom is 0.349 e. The summed E-state index contributed by atoms with van der Waals surface area (Å²) in [4.78, 5) is 0. The first-order valence-corrected chi connectivity index (χ1v) is 1.50. The highest BCUT2D eigenvalue weighted by molar-refractivity contribution is 4.42. The van der Waals surface area contributed by atoms with Gasteiger partial charge in [0.15, 0.2) is 6.79 Å². The molecule has 1 fully saturated rings. The van der Waals surface area contributed by atoms with Gasteiger partial charge in [-0.3, -0.25) is 15.2 Å². The quantitative estimate of drug-likeness (QED) is 0.358. The van der Waals surface area contributed by atoms with E-state index in [0.717, 1.165) is 0 Å². The van der Waals surface area contributed by atoms with Gasteiger partial charge in [0, 0.05) is 0 Å². The second-order valence-electron chi connectivity index (χ2n) is 1.04. The van der Waals surface area contributed by atoms with Crippen LogP contribution >= 0.6 is 0 Å². The van der Waals surface area contributed by atoms with E-state index in [9.17, 15) is 0 Å². The smallest absolute Gasteiger partial charge is 0.330 e. The molecule has 1 aliphatic heterocycles. The zero-order valence-corrected chi connectivity index (χ0v) is 3.05. The van der Waals surface area contributed by atoms with E-state index in [2.05, 4.69) is 9.47 Å². The number of hydrogen-bond acceptors (Lipinski definition) is 4. The summed E-state index contributed by atoms with van der Waals surface area (Å²) < 4.78 is 8.46. The zero-order valence-electron chi connectivity index (χ0n) is 3.05. The molecule has 4 heteroatoms. The van der Waals surface area contributed by atoms with Crippen LogP contribution in [0.1, 0.15) is 0 Å². The Morgan fingerprint density at radius 2 is 2.00 bits per heavy atom. The van der Waals surface area contributed by atoms with Crippen LogP contribution in [0.4, 0.5) is 0 Å². The minimum absolute atomic E-state index is 0.0903. The highest BCUT2D eigenvalue weighted by atomic mass is 17.0. The largest absolute Gasteiger partial charge is 0.349 e. The van der Waals surface area contributed by atoms with E-state index in [-0.39, 0.29) is 6.79 Å². The number of ether oxygens (including phenoxy) is 2. The Morgan fingerprint density at radius 3 is 2.00 bits per heavy atom. The van der Waals surface area contributed by atoms with E-state index >= 15 is 0 Å². The average molecular weight is 91.1 g/mol. The topological polar surface area (TPSA) is 64.7 Å². The fourth-order valence-corrected chi connectivity index (χ4v) is 0.180. The van der Waals surface area contributed by atoms with Crippen LogP contribution in [0.3, 0.4) is 0 Å². The van der Waals surface area contributed by atoms with Crippen molar-refractivity contribution in [2.45, 2.75) is 6.10 Å². The predicted molar refractivity (Wildman–Crippen MR) is 16.2 cm³/mol. The molecule has 0 atom stereocenters. The van der Waals surface area contributed by atoms with E-state index in [0.29, 0.717) is 0 Å². The summed E-state index contributed by atoms with van der Waals surface area (Å²) in [6.07, 6.45) is -1.78. The molecule has 36 valence electrons. The molecule has 1 heterocycles. The molecule has 0 bridgehead atoms. The molecule has 3 N–H and O–H groups in total. The van der Waals surface area contributed by atoms with Crippen molar-refractivity contribution >= 4 is 0 Å². The van der Waals surface area contributed by atoms with Crippen LogP contribution in [0.15, 0.2) is 0 Å². The number of aliphatic hydroxyl groups is 1. The van der Waals surface area contributed by atoms with Gasteiger partial charge in [-0.25, -0.2) is 0 Å². The van der Waals surface area contributed by atoms with E-state index in [4.69, 9.17) is 10.8 Å². The maximum absolute atomic E-state index is 8.25. The average Bonchev–Trinajstić information content (AvgIpc) is 1.32. The van der Waals surface area contributed by atoms with Crippen LogP contribution in [0.25, 0.3) is 0 Å². The fraction of sp³-hybridized carbons (Fsp3) is 1.00. The van der Waals surface area contributed by atoms with Crippen molar-refractivity contribution in [2.75, 3.05) is 6.79 Å². The molecule has 0 aliphatic carbocycles. The monoisotopic (exact) mass is 91.0 g/mol. The Bertz CT molecular complexity index is 55.8. The molecule has 1 saturated heterocycles. The molecule has 1 aliphatic rings. The van der Waals surface area contributed by atoms with Gasteiger partial charge in [0.05, 0.1) is 0 Å². The van der Waals surface area contributed by atoms with Gasteiger partial charge in [-0.2, -0.15) is 0 Å². The van der Waals surface area contributed by atoms with Crippen LogP contribution in [0.2, 0.25) is 0 Å². The number of nitrogens with two attached hydrogens (primary N) is 1. The van der Waals surface area contributed by atoms with Crippen molar-refractivity contribution in [3.8, 4) is 0 Å². The van der Waals surface area contributed by atoms with Crippen LogP contribution in [0, 0.1) is 0 Å². The lowest BCUT2D eigenvalue weighted by Crippen LogP contribution is -2.54. The normalized spacial score (nSPS) is 29.0. The highest BCUT2D eigenvalue weighted by Crippen LogP contribution is 2.09. The third-order valence-electron chi connectivity index (χ3n) is 0.531. The second-order valence-corrected chi connectivity index (χ2v) is 1.04. The van der Waals surface area contributed by atoms with Gasteiger partial charge >= 0.3 is 6.10 Å². The molecule has 0 aromatic heterocycles. The molecule has 0 radical (unpaired) electrons. The highest BCUT2D eigenvalue weighted by Gasteiger charge is 2.32. The molecule has 0 aromatic rings. The molecule has 0 spiro atoms. The molecule has 6 heavy (non-hydrogen) atoms. The summed E-state index contributed by atoms with van der Waals surface area (Å²) in [5, 5.41) is 8.25. The SMILES string of the molecule is NC1(O)OCO1. The van der Waals surface area contributed by atoms with E-state index < -0.39 is 6.10 Å². The molecule has 0 unspecified atom stereocenters. The van der Waals surface area contributed by atoms with Crippen molar-refractivity contribution in [1.29, 1.82) is 0 Å². The van der Waals surface area contributed by atoms with Gasteiger partial charge in [0.25, 0.3) is 0 Å². The van der Waals surface area contributed by atoms with Gasteiger partial charge < -0.3 is 5.11 Å². The Balaban J connectivity index is 2.31. The van der Waals surface area contributed by atoms with Crippen LogP contribution in [-0.4, -0.2) is 18.0 Å². The van der Waals surface area contributed by atoms with Gasteiger partial charge in [-0.05, 0) is 0 Å². The minimum atomic E-state index is -1.78. The zero-order chi connectivity index (χ0) is 4.62.